The normalized spacial score (nSPS) is 9.76. The third-order valence-electron chi connectivity index (χ3n) is 2.17. The molecule has 0 atom stereocenters. The van der Waals surface area contributed by atoms with Crippen LogP contribution in [0, 0.1) is 0 Å². The molecule has 1 rings (SSSR count). The first-order valence-electron chi connectivity index (χ1n) is 5.64. The van der Waals surface area contributed by atoms with Gasteiger partial charge in [0, 0.05) is 13.5 Å². The molecule has 92 valence electrons. The van der Waals surface area contributed by atoms with Crippen LogP contribution in [0.3, 0.4) is 0 Å². The summed E-state index contributed by atoms with van der Waals surface area (Å²) in [7, 11) is 0. The summed E-state index contributed by atoms with van der Waals surface area (Å²) in [5, 5.41) is 2.69. The second-order valence-electron chi connectivity index (χ2n) is 3.74. The van der Waals surface area contributed by atoms with Crippen molar-refractivity contribution in [2.24, 2.45) is 0 Å². The summed E-state index contributed by atoms with van der Waals surface area (Å²) >= 11 is 0. The molecule has 0 saturated carbocycles. The molecule has 4 nitrogen and oxygen atoms in total. The maximum absolute atomic E-state index is 11.5. The highest BCUT2D eigenvalue weighted by Gasteiger charge is 2.05. The lowest BCUT2D eigenvalue weighted by Gasteiger charge is -2.05. The molecule has 1 aromatic carbocycles. The minimum atomic E-state index is -0.307. The average molecular weight is 235 g/mol. The predicted octanol–water partition coefficient (Wildman–Crippen LogP) is 1.89. The topological polar surface area (TPSA) is 55.4 Å². The van der Waals surface area contributed by atoms with Gasteiger partial charge in [0.2, 0.25) is 5.91 Å². The predicted molar refractivity (Wildman–Crippen MR) is 64.5 cm³/mol. The fourth-order valence-electron chi connectivity index (χ4n) is 1.26. The number of rotatable bonds is 5. The smallest absolute Gasteiger partial charge is 0.338 e. The molecule has 0 aliphatic heterocycles. The summed E-state index contributed by atoms with van der Waals surface area (Å²) < 4.78 is 5.01. The van der Waals surface area contributed by atoms with Crippen LogP contribution in [0.5, 0.6) is 0 Å². The van der Waals surface area contributed by atoms with E-state index in [0.717, 1.165) is 12.0 Å². The Morgan fingerprint density at radius 3 is 2.41 bits per heavy atom. The van der Waals surface area contributed by atoms with Crippen LogP contribution >= 0.6 is 0 Å². The fraction of sp³-hybridized carbons (Fsp3) is 0.385. The van der Waals surface area contributed by atoms with Gasteiger partial charge in [0.1, 0.15) is 0 Å². The van der Waals surface area contributed by atoms with E-state index in [9.17, 15) is 9.59 Å². The van der Waals surface area contributed by atoms with Crippen molar-refractivity contribution in [3.8, 4) is 0 Å². The van der Waals surface area contributed by atoms with Crippen LogP contribution in [-0.4, -0.2) is 18.5 Å². The zero-order valence-corrected chi connectivity index (χ0v) is 10.2. The number of carbonyl (C=O) groups excluding carboxylic acids is 2. The number of benzene rings is 1. The van der Waals surface area contributed by atoms with Gasteiger partial charge in [-0.3, -0.25) is 4.79 Å². The van der Waals surface area contributed by atoms with Crippen LogP contribution in [0.25, 0.3) is 0 Å². The van der Waals surface area contributed by atoms with Crippen LogP contribution in [0.2, 0.25) is 0 Å². The van der Waals surface area contributed by atoms with E-state index in [-0.39, 0.29) is 11.9 Å². The molecule has 0 spiro atoms. The lowest BCUT2D eigenvalue weighted by atomic mass is 10.1. The number of esters is 1. The largest absolute Gasteiger partial charge is 0.462 e. The van der Waals surface area contributed by atoms with Gasteiger partial charge in [0.05, 0.1) is 12.2 Å². The van der Waals surface area contributed by atoms with E-state index < -0.39 is 0 Å². The molecular weight excluding hydrogens is 218 g/mol. The van der Waals surface area contributed by atoms with Crippen molar-refractivity contribution in [3.05, 3.63) is 35.4 Å². The van der Waals surface area contributed by atoms with E-state index in [4.69, 9.17) is 4.74 Å². The lowest BCUT2D eigenvalue weighted by molar-refractivity contribution is -0.119. The van der Waals surface area contributed by atoms with Crippen molar-refractivity contribution in [2.45, 2.75) is 26.8 Å². The van der Waals surface area contributed by atoms with Gasteiger partial charge in [0.25, 0.3) is 0 Å². The zero-order valence-electron chi connectivity index (χ0n) is 10.2. The van der Waals surface area contributed by atoms with E-state index in [2.05, 4.69) is 5.32 Å². The molecular formula is C13H17NO3. The Hall–Kier alpha value is -1.84. The van der Waals surface area contributed by atoms with Gasteiger partial charge in [-0.1, -0.05) is 19.1 Å². The standard InChI is InChI=1S/C13H17NO3/c1-3-8-17-13(16)12-6-4-11(5-7-12)9-14-10(2)15/h4-7H,3,8-9H2,1-2H3,(H,14,15). The molecule has 0 aliphatic carbocycles. The number of ether oxygens (including phenoxy) is 1. The number of hydrogen-bond donors (Lipinski definition) is 1. The number of hydrogen-bond acceptors (Lipinski definition) is 3. The number of carbonyl (C=O) groups is 2. The Morgan fingerprint density at radius 1 is 1.24 bits per heavy atom. The zero-order chi connectivity index (χ0) is 12.7. The second-order valence-corrected chi connectivity index (χ2v) is 3.74. The monoisotopic (exact) mass is 235 g/mol. The first kappa shape index (κ1) is 13.2. The highest BCUT2D eigenvalue weighted by atomic mass is 16.5. The molecule has 0 aliphatic rings. The van der Waals surface area contributed by atoms with Gasteiger partial charge in [-0.25, -0.2) is 4.79 Å². The van der Waals surface area contributed by atoms with Gasteiger partial charge in [-0.05, 0) is 24.1 Å². The first-order chi connectivity index (χ1) is 8.13. The maximum atomic E-state index is 11.5. The lowest BCUT2D eigenvalue weighted by Crippen LogP contribution is -2.18. The second kappa shape index (κ2) is 6.68. The van der Waals surface area contributed by atoms with E-state index in [1.165, 1.54) is 6.92 Å². The molecule has 0 heterocycles. The van der Waals surface area contributed by atoms with Crippen LogP contribution in [-0.2, 0) is 16.1 Å². The van der Waals surface area contributed by atoms with E-state index in [1.807, 2.05) is 6.92 Å². The van der Waals surface area contributed by atoms with Gasteiger partial charge in [-0.15, -0.1) is 0 Å². The van der Waals surface area contributed by atoms with E-state index >= 15 is 0 Å². The highest BCUT2D eigenvalue weighted by molar-refractivity contribution is 5.89. The molecule has 0 fully saturated rings. The molecule has 0 unspecified atom stereocenters. The van der Waals surface area contributed by atoms with Crippen molar-refractivity contribution in [1.82, 2.24) is 5.32 Å². The molecule has 4 heteroatoms. The van der Waals surface area contributed by atoms with Gasteiger partial charge in [0.15, 0.2) is 0 Å². The molecule has 17 heavy (non-hydrogen) atoms. The Bertz CT molecular complexity index is 384. The minimum absolute atomic E-state index is 0.0727. The van der Waals surface area contributed by atoms with Crippen LogP contribution in [0.1, 0.15) is 36.2 Å². The first-order valence-corrected chi connectivity index (χ1v) is 5.64. The summed E-state index contributed by atoms with van der Waals surface area (Å²) in [5.74, 6) is -0.380. The van der Waals surface area contributed by atoms with Gasteiger partial charge < -0.3 is 10.1 Å². The number of amides is 1. The van der Waals surface area contributed by atoms with Crippen molar-refractivity contribution in [1.29, 1.82) is 0 Å². The van der Waals surface area contributed by atoms with E-state index in [0.29, 0.717) is 18.7 Å². The fourth-order valence-corrected chi connectivity index (χ4v) is 1.26. The summed E-state index contributed by atoms with van der Waals surface area (Å²) in [6.45, 7) is 4.33. The van der Waals surface area contributed by atoms with Crippen molar-refractivity contribution in [3.63, 3.8) is 0 Å². The van der Waals surface area contributed by atoms with Crippen molar-refractivity contribution < 1.29 is 14.3 Å². The molecule has 0 bridgehead atoms. The summed E-state index contributed by atoms with van der Waals surface area (Å²) in [6, 6.07) is 7.02. The Balaban J connectivity index is 2.55. The minimum Gasteiger partial charge on any atom is -0.462 e. The van der Waals surface area contributed by atoms with Gasteiger partial charge in [-0.2, -0.15) is 0 Å². The Kier molecular flexibility index (Phi) is 5.20. The average Bonchev–Trinajstić information content (AvgIpc) is 2.34. The molecule has 1 aromatic rings. The van der Waals surface area contributed by atoms with Crippen molar-refractivity contribution in [2.75, 3.05) is 6.61 Å². The third kappa shape index (κ3) is 4.68. The molecule has 0 aromatic heterocycles. The summed E-state index contributed by atoms with van der Waals surface area (Å²) in [5.41, 5.74) is 1.48. The third-order valence-corrected chi connectivity index (χ3v) is 2.17. The Labute approximate surface area is 101 Å². The van der Waals surface area contributed by atoms with Gasteiger partial charge >= 0.3 is 5.97 Å². The summed E-state index contributed by atoms with van der Waals surface area (Å²) in [6.07, 6.45) is 0.812. The molecule has 0 saturated heterocycles. The number of nitrogens with one attached hydrogen (secondary N) is 1. The maximum Gasteiger partial charge on any atom is 0.338 e. The molecule has 1 amide bonds. The highest BCUT2D eigenvalue weighted by Crippen LogP contribution is 2.06. The molecule has 1 N–H and O–H groups in total. The van der Waals surface area contributed by atoms with E-state index in [1.54, 1.807) is 24.3 Å². The summed E-state index contributed by atoms with van der Waals surface area (Å²) in [4.78, 5) is 22.2. The van der Waals surface area contributed by atoms with Crippen molar-refractivity contribution >= 4 is 11.9 Å². The van der Waals surface area contributed by atoms with Crippen LogP contribution in [0.15, 0.2) is 24.3 Å². The van der Waals surface area contributed by atoms with Crippen LogP contribution < -0.4 is 5.32 Å². The quantitative estimate of drug-likeness (QED) is 0.793. The van der Waals surface area contributed by atoms with Crippen LogP contribution in [0.4, 0.5) is 0 Å². The molecule has 0 radical (unpaired) electrons. The Morgan fingerprint density at radius 2 is 1.88 bits per heavy atom. The SMILES string of the molecule is CCCOC(=O)c1ccc(CNC(C)=O)cc1.